The molecular formula is C16H18N6. The molecule has 6 heteroatoms. The molecular weight excluding hydrogens is 276 g/mol. The van der Waals surface area contributed by atoms with Crippen LogP contribution in [-0.4, -0.2) is 38.5 Å². The van der Waals surface area contributed by atoms with Gasteiger partial charge in [0.05, 0.1) is 23.8 Å². The molecule has 1 saturated heterocycles. The maximum Gasteiger partial charge on any atom is 0.148 e. The van der Waals surface area contributed by atoms with Crippen LogP contribution in [0.4, 0.5) is 5.82 Å². The quantitative estimate of drug-likeness (QED) is 0.772. The highest BCUT2D eigenvalue weighted by molar-refractivity contribution is 5.61. The van der Waals surface area contributed by atoms with E-state index in [4.69, 9.17) is 4.98 Å². The average Bonchev–Trinajstić information content (AvgIpc) is 3.19. The van der Waals surface area contributed by atoms with Crippen molar-refractivity contribution in [2.45, 2.75) is 19.4 Å². The van der Waals surface area contributed by atoms with E-state index in [1.807, 2.05) is 48.1 Å². The van der Waals surface area contributed by atoms with Crippen molar-refractivity contribution in [3.8, 4) is 11.4 Å². The molecule has 2 N–H and O–H groups in total. The number of pyridine rings is 1. The van der Waals surface area contributed by atoms with Gasteiger partial charge in [0.2, 0.25) is 0 Å². The molecule has 0 amide bonds. The fourth-order valence-electron chi connectivity index (χ4n) is 2.80. The molecule has 0 spiro atoms. The number of anilines is 1. The number of fused-ring (bicyclic) bond motifs is 1. The molecule has 3 aromatic heterocycles. The lowest BCUT2D eigenvalue weighted by molar-refractivity contribution is 0.784. The topological polar surface area (TPSA) is 67.1 Å². The van der Waals surface area contributed by atoms with Crippen LogP contribution in [0.2, 0.25) is 0 Å². The van der Waals surface area contributed by atoms with E-state index in [0.717, 1.165) is 48.1 Å². The van der Waals surface area contributed by atoms with Gasteiger partial charge >= 0.3 is 0 Å². The fraction of sp³-hybridized carbons (Fsp3) is 0.312. The Morgan fingerprint density at radius 3 is 3.09 bits per heavy atom. The number of imidazole rings is 1. The molecule has 22 heavy (non-hydrogen) atoms. The van der Waals surface area contributed by atoms with Gasteiger partial charge in [0.25, 0.3) is 0 Å². The summed E-state index contributed by atoms with van der Waals surface area (Å²) in [6.45, 7) is 4.01. The van der Waals surface area contributed by atoms with Crippen LogP contribution in [0.1, 0.15) is 12.1 Å². The van der Waals surface area contributed by atoms with Gasteiger partial charge in [0.1, 0.15) is 17.2 Å². The number of rotatable bonds is 3. The van der Waals surface area contributed by atoms with Crippen molar-refractivity contribution in [2.75, 3.05) is 18.4 Å². The van der Waals surface area contributed by atoms with Crippen LogP contribution in [-0.2, 0) is 0 Å². The van der Waals surface area contributed by atoms with E-state index in [-0.39, 0.29) is 0 Å². The highest BCUT2D eigenvalue weighted by Crippen LogP contribution is 2.21. The molecule has 0 aromatic carbocycles. The monoisotopic (exact) mass is 294 g/mol. The van der Waals surface area contributed by atoms with Crippen molar-refractivity contribution < 1.29 is 0 Å². The standard InChI is InChI=1S/C16H18N6/c1-11-16(20-12-5-6-17-8-12)21-13(9-18-11)14-10-19-15-4-2-3-7-22(14)15/h2-4,7,9-10,12,17H,5-6,8H2,1H3,(H,20,21). The molecule has 0 aliphatic carbocycles. The molecule has 3 aromatic rings. The van der Waals surface area contributed by atoms with E-state index in [1.54, 1.807) is 0 Å². The molecule has 4 rings (SSSR count). The minimum Gasteiger partial charge on any atom is -0.364 e. The molecule has 0 saturated carbocycles. The molecule has 1 unspecified atom stereocenters. The molecule has 0 radical (unpaired) electrons. The van der Waals surface area contributed by atoms with Gasteiger partial charge in [0, 0.05) is 18.8 Å². The molecule has 112 valence electrons. The molecule has 1 aliphatic heterocycles. The Morgan fingerprint density at radius 2 is 2.23 bits per heavy atom. The third kappa shape index (κ3) is 2.31. The van der Waals surface area contributed by atoms with Crippen molar-refractivity contribution in [3.63, 3.8) is 0 Å². The Balaban J connectivity index is 1.72. The third-order valence-electron chi connectivity index (χ3n) is 4.04. The maximum atomic E-state index is 4.77. The van der Waals surface area contributed by atoms with Crippen LogP contribution in [0.25, 0.3) is 17.0 Å². The molecule has 1 aliphatic rings. The first-order chi connectivity index (χ1) is 10.8. The molecule has 0 bridgehead atoms. The average molecular weight is 294 g/mol. The zero-order valence-corrected chi connectivity index (χ0v) is 12.5. The normalized spacial score (nSPS) is 18.0. The summed E-state index contributed by atoms with van der Waals surface area (Å²) >= 11 is 0. The summed E-state index contributed by atoms with van der Waals surface area (Å²) in [4.78, 5) is 13.7. The van der Waals surface area contributed by atoms with Gasteiger partial charge in [-0.1, -0.05) is 6.07 Å². The lowest BCUT2D eigenvalue weighted by Crippen LogP contribution is -2.23. The van der Waals surface area contributed by atoms with E-state index in [0.29, 0.717) is 6.04 Å². The van der Waals surface area contributed by atoms with E-state index in [1.165, 1.54) is 0 Å². The predicted molar refractivity (Wildman–Crippen MR) is 85.9 cm³/mol. The van der Waals surface area contributed by atoms with Crippen LogP contribution >= 0.6 is 0 Å². The first kappa shape index (κ1) is 13.2. The van der Waals surface area contributed by atoms with Crippen LogP contribution in [0, 0.1) is 6.92 Å². The lowest BCUT2D eigenvalue weighted by atomic mass is 10.2. The Labute approximate surface area is 128 Å². The lowest BCUT2D eigenvalue weighted by Gasteiger charge is -2.14. The van der Waals surface area contributed by atoms with Gasteiger partial charge in [-0.3, -0.25) is 9.38 Å². The number of hydrogen-bond donors (Lipinski definition) is 2. The highest BCUT2D eigenvalue weighted by atomic mass is 15.1. The van der Waals surface area contributed by atoms with E-state index in [2.05, 4.69) is 20.6 Å². The first-order valence-corrected chi connectivity index (χ1v) is 7.54. The summed E-state index contributed by atoms with van der Waals surface area (Å²) in [5.41, 5.74) is 3.62. The number of aromatic nitrogens is 4. The van der Waals surface area contributed by atoms with Crippen LogP contribution in [0.5, 0.6) is 0 Å². The third-order valence-corrected chi connectivity index (χ3v) is 4.04. The second-order valence-corrected chi connectivity index (χ2v) is 5.60. The van der Waals surface area contributed by atoms with Crippen molar-refractivity contribution in [3.05, 3.63) is 42.5 Å². The van der Waals surface area contributed by atoms with E-state index < -0.39 is 0 Å². The van der Waals surface area contributed by atoms with E-state index in [9.17, 15) is 0 Å². The Morgan fingerprint density at radius 1 is 1.27 bits per heavy atom. The highest BCUT2D eigenvalue weighted by Gasteiger charge is 2.17. The van der Waals surface area contributed by atoms with Gasteiger partial charge in [-0.25, -0.2) is 9.97 Å². The molecule has 1 fully saturated rings. The van der Waals surface area contributed by atoms with Gasteiger partial charge in [-0.15, -0.1) is 0 Å². The van der Waals surface area contributed by atoms with Crippen molar-refractivity contribution in [2.24, 2.45) is 0 Å². The van der Waals surface area contributed by atoms with Crippen molar-refractivity contribution in [1.82, 2.24) is 24.7 Å². The van der Waals surface area contributed by atoms with Gasteiger partial charge in [0.15, 0.2) is 0 Å². The summed E-state index contributed by atoms with van der Waals surface area (Å²) < 4.78 is 2.03. The van der Waals surface area contributed by atoms with Gasteiger partial charge in [-0.05, 0) is 32.0 Å². The van der Waals surface area contributed by atoms with Crippen LogP contribution in [0.15, 0.2) is 36.8 Å². The summed E-state index contributed by atoms with van der Waals surface area (Å²) in [6.07, 6.45) is 6.76. The number of aryl methyl sites for hydroxylation is 1. The van der Waals surface area contributed by atoms with Gasteiger partial charge < -0.3 is 10.6 Å². The second-order valence-electron chi connectivity index (χ2n) is 5.60. The minimum absolute atomic E-state index is 0.422. The molecule has 1 atom stereocenters. The SMILES string of the molecule is Cc1ncc(-c2cnc3ccccn23)nc1NC1CCNC1. The Hall–Kier alpha value is -2.47. The van der Waals surface area contributed by atoms with Crippen molar-refractivity contribution in [1.29, 1.82) is 0 Å². The zero-order chi connectivity index (χ0) is 14.9. The molecule has 6 nitrogen and oxygen atoms in total. The first-order valence-electron chi connectivity index (χ1n) is 7.54. The van der Waals surface area contributed by atoms with Crippen LogP contribution in [0.3, 0.4) is 0 Å². The summed E-state index contributed by atoms with van der Waals surface area (Å²) in [7, 11) is 0. The number of nitrogens with one attached hydrogen (secondary N) is 2. The zero-order valence-electron chi connectivity index (χ0n) is 12.5. The Kier molecular flexibility index (Phi) is 3.23. The Bertz CT molecular complexity index is 803. The second kappa shape index (κ2) is 5.38. The minimum atomic E-state index is 0.422. The predicted octanol–water partition coefficient (Wildman–Crippen LogP) is 1.87. The summed E-state index contributed by atoms with van der Waals surface area (Å²) in [6, 6.07) is 6.37. The molecule has 4 heterocycles. The number of nitrogens with zero attached hydrogens (tertiary/aromatic N) is 4. The van der Waals surface area contributed by atoms with E-state index >= 15 is 0 Å². The summed E-state index contributed by atoms with van der Waals surface area (Å²) in [5.74, 6) is 0.858. The fourth-order valence-corrected chi connectivity index (χ4v) is 2.80. The summed E-state index contributed by atoms with van der Waals surface area (Å²) in [5, 5.41) is 6.85. The van der Waals surface area contributed by atoms with Gasteiger partial charge in [-0.2, -0.15) is 0 Å². The largest absolute Gasteiger partial charge is 0.364 e. The van der Waals surface area contributed by atoms with Crippen molar-refractivity contribution >= 4 is 11.5 Å². The number of hydrogen-bond acceptors (Lipinski definition) is 5. The van der Waals surface area contributed by atoms with Crippen LogP contribution < -0.4 is 10.6 Å². The maximum absolute atomic E-state index is 4.77. The smallest absolute Gasteiger partial charge is 0.148 e.